The average Bonchev–Trinajstić information content (AvgIpc) is 2.83. The van der Waals surface area contributed by atoms with Gasteiger partial charge in [0.25, 0.3) is 11.5 Å². The Labute approximate surface area is 204 Å². The maximum absolute atomic E-state index is 13.2. The number of aliphatic carboxylic acids is 1. The number of carboxylic acids is 1. The standard InChI is InChI=1S/C23H24N4O2.C2HF3O2/c1-4-26(13-12-25(2)3)22(28)18-10-7-11-27-21(18)24-20-15-17-9-6-5-8-16(17)14-19(20)23(27)29;3-2(4,5)1(6)7/h5-11,14-15H,4,12-13H2,1-3H3;(H,6,7). The van der Waals surface area contributed by atoms with Crippen LogP contribution in [0.3, 0.4) is 0 Å². The maximum Gasteiger partial charge on any atom is 0.490 e. The van der Waals surface area contributed by atoms with Crippen LogP contribution in [-0.2, 0) is 4.79 Å². The van der Waals surface area contributed by atoms with Crippen LogP contribution in [0.4, 0.5) is 13.2 Å². The summed E-state index contributed by atoms with van der Waals surface area (Å²) in [6.45, 7) is 3.94. The van der Waals surface area contributed by atoms with Gasteiger partial charge in [0.05, 0.1) is 16.5 Å². The highest BCUT2D eigenvalue weighted by Crippen LogP contribution is 2.21. The lowest BCUT2D eigenvalue weighted by Crippen LogP contribution is -2.37. The number of pyridine rings is 1. The Morgan fingerprint density at radius 3 is 2.19 bits per heavy atom. The lowest BCUT2D eigenvalue weighted by Gasteiger charge is -2.23. The van der Waals surface area contributed by atoms with Gasteiger partial charge >= 0.3 is 12.1 Å². The molecule has 2 aromatic heterocycles. The zero-order valence-electron chi connectivity index (χ0n) is 19.9. The number of benzene rings is 2. The van der Waals surface area contributed by atoms with Crippen molar-refractivity contribution < 1.29 is 27.9 Å². The summed E-state index contributed by atoms with van der Waals surface area (Å²) in [5, 5.41) is 9.68. The van der Waals surface area contributed by atoms with E-state index in [-0.39, 0.29) is 11.5 Å². The van der Waals surface area contributed by atoms with Crippen LogP contribution in [0.2, 0.25) is 0 Å². The fourth-order valence-corrected chi connectivity index (χ4v) is 3.58. The second-order valence-corrected chi connectivity index (χ2v) is 8.24. The Bertz CT molecular complexity index is 1480. The largest absolute Gasteiger partial charge is 0.490 e. The number of alkyl halides is 3. The van der Waals surface area contributed by atoms with Crippen molar-refractivity contribution >= 4 is 39.2 Å². The lowest BCUT2D eigenvalue weighted by molar-refractivity contribution is -0.192. The third-order valence-electron chi connectivity index (χ3n) is 5.47. The molecule has 0 fully saturated rings. The predicted molar refractivity (Wildman–Crippen MR) is 130 cm³/mol. The number of nitrogens with zero attached hydrogens (tertiary/aromatic N) is 4. The molecule has 2 aromatic carbocycles. The van der Waals surface area contributed by atoms with Crippen LogP contribution in [0.15, 0.2) is 59.5 Å². The molecular formula is C25H25F3N4O4. The molecule has 0 atom stereocenters. The summed E-state index contributed by atoms with van der Waals surface area (Å²) in [5.41, 5.74) is 1.28. The lowest BCUT2D eigenvalue weighted by atomic mass is 10.1. The zero-order chi connectivity index (χ0) is 26.6. The van der Waals surface area contributed by atoms with Crippen LogP contribution >= 0.6 is 0 Å². The SMILES string of the molecule is CCN(CCN(C)C)C(=O)c1cccn2c(=O)c3cc4ccccc4cc3nc12.O=C(O)C(F)(F)F. The molecular weight excluding hydrogens is 477 g/mol. The van der Waals surface area contributed by atoms with Crippen molar-refractivity contribution in [1.29, 1.82) is 0 Å². The normalized spacial score (nSPS) is 11.5. The topological polar surface area (TPSA) is 95.2 Å². The van der Waals surface area contributed by atoms with Gasteiger partial charge in [-0.1, -0.05) is 24.3 Å². The number of amides is 1. The van der Waals surface area contributed by atoms with E-state index in [0.717, 1.165) is 17.3 Å². The van der Waals surface area contributed by atoms with E-state index in [1.807, 2.05) is 62.3 Å². The molecule has 190 valence electrons. The van der Waals surface area contributed by atoms with E-state index in [1.165, 1.54) is 4.40 Å². The van der Waals surface area contributed by atoms with Gasteiger partial charge in [-0.25, -0.2) is 9.78 Å². The van der Waals surface area contributed by atoms with Gasteiger partial charge in [-0.15, -0.1) is 0 Å². The highest BCUT2D eigenvalue weighted by molar-refractivity contribution is 6.02. The minimum Gasteiger partial charge on any atom is -0.475 e. The van der Waals surface area contributed by atoms with Gasteiger partial charge in [-0.3, -0.25) is 14.0 Å². The van der Waals surface area contributed by atoms with Gasteiger partial charge in [-0.05, 0) is 56.1 Å². The average molecular weight is 502 g/mol. The summed E-state index contributed by atoms with van der Waals surface area (Å²) < 4.78 is 33.2. The van der Waals surface area contributed by atoms with Gasteiger partial charge in [-0.2, -0.15) is 13.2 Å². The summed E-state index contributed by atoms with van der Waals surface area (Å²) >= 11 is 0. The molecule has 8 nitrogen and oxygen atoms in total. The zero-order valence-corrected chi connectivity index (χ0v) is 19.9. The fraction of sp³-hybridized carbons (Fsp3) is 0.280. The molecule has 0 saturated carbocycles. The first-order valence-electron chi connectivity index (χ1n) is 11.0. The van der Waals surface area contributed by atoms with Gasteiger partial charge in [0.2, 0.25) is 0 Å². The summed E-state index contributed by atoms with van der Waals surface area (Å²) in [6.07, 6.45) is -3.41. The molecule has 0 aliphatic carbocycles. The highest BCUT2D eigenvalue weighted by Gasteiger charge is 2.38. The molecule has 2 heterocycles. The van der Waals surface area contributed by atoms with Gasteiger partial charge in [0.1, 0.15) is 0 Å². The number of likely N-dealkylation sites (N-methyl/N-ethyl adjacent to an activating group) is 2. The molecule has 11 heteroatoms. The number of fused-ring (bicyclic) bond motifs is 3. The number of carbonyl (C=O) groups excluding carboxylic acids is 1. The maximum atomic E-state index is 13.2. The first-order chi connectivity index (χ1) is 16.9. The van der Waals surface area contributed by atoms with E-state index < -0.39 is 12.1 Å². The molecule has 1 amide bonds. The first-order valence-corrected chi connectivity index (χ1v) is 11.0. The van der Waals surface area contributed by atoms with E-state index in [4.69, 9.17) is 14.9 Å². The number of halogens is 3. The molecule has 0 unspecified atom stereocenters. The number of rotatable bonds is 5. The quantitative estimate of drug-likeness (QED) is 0.419. The Hall–Kier alpha value is -3.99. The van der Waals surface area contributed by atoms with Gasteiger partial charge < -0.3 is 14.9 Å². The van der Waals surface area contributed by atoms with E-state index >= 15 is 0 Å². The van der Waals surface area contributed by atoms with E-state index in [9.17, 15) is 22.8 Å². The number of aromatic nitrogens is 2. The van der Waals surface area contributed by atoms with Crippen LogP contribution in [0.5, 0.6) is 0 Å². The Morgan fingerprint density at radius 1 is 1.03 bits per heavy atom. The van der Waals surface area contributed by atoms with Crippen LogP contribution in [0, 0.1) is 0 Å². The Balaban J connectivity index is 0.000000454. The second kappa shape index (κ2) is 10.7. The molecule has 0 spiro atoms. The fourth-order valence-electron chi connectivity index (χ4n) is 3.58. The minimum absolute atomic E-state index is 0.112. The molecule has 0 saturated heterocycles. The van der Waals surface area contributed by atoms with Gasteiger partial charge in [0.15, 0.2) is 5.65 Å². The minimum atomic E-state index is -5.08. The van der Waals surface area contributed by atoms with E-state index in [0.29, 0.717) is 35.2 Å². The molecule has 0 aliphatic heterocycles. The summed E-state index contributed by atoms with van der Waals surface area (Å²) in [4.78, 5) is 43.8. The second-order valence-electron chi connectivity index (χ2n) is 8.24. The third-order valence-corrected chi connectivity index (χ3v) is 5.47. The van der Waals surface area contributed by atoms with Crippen molar-refractivity contribution in [3.63, 3.8) is 0 Å². The third kappa shape index (κ3) is 5.80. The number of carboxylic acid groups (broad SMARTS) is 1. The highest BCUT2D eigenvalue weighted by atomic mass is 19.4. The van der Waals surface area contributed by atoms with Crippen molar-refractivity contribution in [2.45, 2.75) is 13.1 Å². The van der Waals surface area contributed by atoms with Crippen molar-refractivity contribution in [3.8, 4) is 0 Å². The van der Waals surface area contributed by atoms with E-state index in [2.05, 4.69) is 0 Å². The van der Waals surface area contributed by atoms with Crippen LogP contribution in [0.25, 0.3) is 27.3 Å². The molecule has 36 heavy (non-hydrogen) atoms. The van der Waals surface area contributed by atoms with Crippen LogP contribution in [0.1, 0.15) is 17.3 Å². The summed E-state index contributed by atoms with van der Waals surface area (Å²) in [6, 6.07) is 15.1. The van der Waals surface area contributed by atoms with Crippen molar-refractivity contribution in [2.75, 3.05) is 33.7 Å². The van der Waals surface area contributed by atoms with Crippen molar-refractivity contribution in [1.82, 2.24) is 19.2 Å². The van der Waals surface area contributed by atoms with E-state index in [1.54, 1.807) is 23.2 Å². The molecule has 0 radical (unpaired) electrons. The van der Waals surface area contributed by atoms with Crippen molar-refractivity contribution in [2.24, 2.45) is 0 Å². The van der Waals surface area contributed by atoms with Gasteiger partial charge in [0, 0.05) is 25.8 Å². The Kier molecular flexibility index (Phi) is 7.93. The molecule has 0 bridgehead atoms. The molecule has 1 N–H and O–H groups in total. The molecule has 0 aliphatic rings. The number of hydrogen-bond donors (Lipinski definition) is 1. The number of carbonyl (C=O) groups is 2. The van der Waals surface area contributed by atoms with Crippen molar-refractivity contribution in [3.05, 3.63) is 70.6 Å². The summed E-state index contributed by atoms with van der Waals surface area (Å²) in [5.74, 6) is -2.87. The monoisotopic (exact) mass is 502 g/mol. The predicted octanol–water partition coefficient (Wildman–Crippen LogP) is 3.66. The Morgan fingerprint density at radius 2 is 1.64 bits per heavy atom. The number of hydrogen-bond acceptors (Lipinski definition) is 5. The van der Waals surface area contributed by atoms with Crippen LogP contribution in [-0.4, -0.2) is 76.1 Å². The summed E-state index contributed by atoms with van der Waals surface area (Å²) in [7, 11) is 3.96. The smallest absolute Gasteiger partial charge is 0.475 e. The molecule has 4 rings (SSSR count). The van der Waals surface area contributed by atoms with Crippen LogP contribution < -0.4 is 5.56 Å². The molecule has 4 aromatic rings. The first kappa shape index (κ1) is 26.6.